The summed E-state index contributed by atoms with van der Waals surface area (Å²) in [6.07, 6.45) is 0.366. The summed E-state index contributed by atoms with van der Waals surface area (Å²) in [5.41, 5.74) is 1.71. The Morgan fingerprint density at radius 1 is 1.42 bits per heavy atom. The Kier molecular flexibility index (Phi) is 3.85. The fourth-order valence-corrected chi connectivity index (χ4v) is 2.49. The van der Waals surface area contributed by atoms with E-state index >= 15 is 0 Å². The molecule has 0 unspecified atom stereocenters. The van der Waals surface area contributed by atoms with E-state index in [1.54, 1.807) is 20.8 Å². The molecular formula is C15H22O4. The Hall–Kier alpha value is -1.10. The summed E-state index contributed by atoms with van der Waals surface area (Å²) < 4.78 is 5.82. The molecule has 1 aromatic carbocycles. The third-order valence-electron chi connectivity index (χ3n) is 3.57. The molecule has 0 aromatic heterocycles. The SMILES string of the molecule is C[C@@H](O)Cc1ccc2c(c1CO)O[C@H](C(C)(C)O)C2. The van der Waals surface area contributed by atoms with Crippen LogP contribution in [0.1, 0.15) is 37.5 Å². The van der Waals surface area contributed by atoms with E-state index in [-0.39, 0.29) is 12.7 Å². The van der Waals surface area contributed by atoms with Gasteiger partial charge in [0.15, 0.2) is 0 Å². The van der Waals surface area contributed by atoms with Gasteiger partial charge in [-0.15, -0.1) is 0 Å². The second kappa shape index (κ2) is 5.12. The molecule has 0 amide bonds. The molecule has 106 valence electrons. The van der Waals surface area contributed by atoms with Crippen LogP contribution >= 0.6 is 0 Å². The summed E-state index contributed by atoms with van der Waals surface area (Å²) in [4.78, 5) is 0. The smallest absolute Gasteiger partial charge is 0.131 e. The molecule has 1 aliphatic rings. The Balaban J connectivity index is 2.34. The normalized spacial score (nSPS) is 20.0. The largest absolute Gasteiger partial charge is 0.486 e. The van der Waals surface area contributed by atoms with Crippen molar-refractivity contribution in [2.75, 3.05) is 0 Å². The van der Waals surface area contributed by atoms with Crippen molar-refractivity contribution in [3.05, 3.63) is 28.8 Å². The quantitative estimate of drug-likeness (QED) is 0.765. The third kappa shape index (κ3) is 2.91. The number of ether oxygens (including phenoxy) is 1. The monoisotopic (exact) mass is 266 g/mol. The molecule has 3 N–H and O–H groups in total. The van der Waals surface area contributed by atoms with E-state index < -0.39 is 11.7 Å². The zero-order chi connectivity index (χ0) is 14.2. The van der Waals surface area contributed by atoms with Crippen LogP contribution in [0.5, 0.6) is 5.75 Å². The number of hydrogen-bond acceptors (Lipinski definition) is 4. The van der Waals surface area contributed by atoms with Crippen LogP contribution in [0.15, 0.2) is 12.1 Å². The molecular weight excluding hydrogens is 244 g/mol. The van der Waals surface area contributed by atoms with Gasteiger partial charge < -0.3 is 20.1 Å². The number of rotatable bonds is 4. The fourth-order valence-electron chi connectivity index (χ4n) is 2.49. The van der Waals surface area contributed by atoms with Crippen molar-refractivity contribution >= 4 is 0 Å². The number of fused-ring (bicyclic) bond motifs is 1. The maximum Gasteiger partial charge on any atom is 0.131 e. The van der Waals surface area contributed by atoms with Crippen LogP contribution < -0.4 is 4.74 Å². The number of aliphatic hydroxyl groups excluding tert-OH is 2. The average Bonchev–Trinajstić information content (AvgIpc) is 2.71. The van der Waals surface area contributed by atoms with E-state index in [4.69, 9.17) is 4.74 Å². The lowest BCUT2D eigenvalue weighted by Gasteiger charge is -2.25. The van der Waals surface area contributed by atoms with Gasteiger partial charge >= 0.3 is 0 Å². The van der Waals surface area contributed by atoms with Gasteiger partial charge in [0.05, 0.1) is 18.3 Å². The van der Waals surface area contributed by atoms with Crippen molar-refractivity contribution in [3.8, 4) is 5.75 Å². The van der Waals surface area contributed by atoms with Crippen molar-refractivity contribution in [1.29, 1.82) is 0 Å². The van der Waals surface area contributed by atoms with E-state index in [0.29, 0.717) is 18.6 Å². The fraction of sp³-hybridized carbons (Fsp3) is 0.600. The van der Waals surface area contributed by atoms with Crippen molar-refractivity contribution in [1.82, 2.24) is 0 Å². The molecule has 1 aliphatic heterocycles. The van der Waals surface area contributed by atoms with Gasteiger partial charge in [0.2, 0.25) is 0 Å². The Morgan fingerprint density at radius 2 is 2.11 bits per heavy atom. The zero-order valence-corrected chi connectivity index (χ0v) is 11.7. The maximum atomic E-state index is 10.0. The second-order valence-electron chi connectivity index (χ2n) is 5.87. The highest BCUT2D eigenvalue weighted by atomic mass is 16.5. The highest BCUT2D eigenvalue weighted by Gasteiger charge is 2.36. The predicted octanol–water partition coefficient (Wildman–Crippen LogP) is 1.18. The van der Waals surface area contributed by atoms with Crippen molar-refractivity contribution in [2.24, 2.45) is 0 Å². The Morgan fingerprint density at radius 3 is 2.63 bits per heavy atom. The molecule has 0 saturated heterocycles. The minimum atomic E-state index is -0.920. The van der Waals surface area contributed by atoms with Crippen molar-refractivity contribution < 1.29 is 20.1 Å². The molecule has 0 aliphatic carbocycles. The molecule has 4 heteroatoms. The van der Waals surface area contributed by atoms with Crippen molar-refractivity contribution in [2.45, 2.75) is 58.0 Å². The van der Waals surface area contributed by atoms with Crippen LogP contribution in [0.3, 0.4) is 0 Å². The minimum Gasteiger partial charge on any atom is -0.486 e. The first-order valence-electron chi connectivity index (χ1n) is 6.64. The summed E-state index contributed by atoms with van der Waals surface area (Å²) in [6.45, 7) is 5.04. The molecule has 1 heterocycles. The Labute approximate surface area is 113 Å². The topological polar surface area (TPSA) is 69.9 Å². The van der Waals surface area contributed by atoms with E-state index in [1.807, 2.05) is 12.1 Å². The molecule has 0 spiro atoms. The second-order valence-corrected chi connectivity index (χ2v) is 5.87. The molecule has 4 nitrogen and oxygen atoms in total. The highest BCUT2D eigenvalue weighted by Crippen LogP contribution is 2.38. The van der Waals surface area contributed by atoms with E-state index in [1.165, 1.54) is 0 Å². The van der Waals surface area contributed by atoms with Gasteiger partial charge in [0.25, 0.3) is 0 Å². The van der Waals surface area contributed by atoms with Crippen LogP contribution in [-0.4, -0.2) is 33.1 Å². The summed E-state index contributed by atoms with van der Waals surface area (Å²) >= 11 is 0. The van der Waals surface area contributed by atoms with Gasteiger partial charge in [0, 0.05) is 12.0 Å². The Bertz CT molecular complexity index is 460. The lowest BCUT2D eigenvalue weighted by atomic mass is 9.94. The van der Waals surface area contributed by atoms with E-state index in [0.717, 1.165) is 16.7 Å². The van der Waals surface area contributed by atoms with Gasteiger partial charge in [-0.1, -0.05) is 12.1 Å². The highest BCUT2D eigenvalue weighted by molar-refractivity contribution is 5.49. The molecule has 0 bridgehead atoms. The van der Waals surface area contributed by atoms with Gasteiger partial charge in [-0.25, -0.2) is 0 Å². The summed E-state index contributed by atoms with van der Waals surface area (Å²) in [7, 11) is 0. The van der Waals surface area contributed by atoms with Gasteiger partial charge in [-0.05, 0) is 38.3 Å². The molecule has 19 heavy (non-hydrogen) atoms. The maximum absolute atomic E-state index is 10.0. The molecule has 0 fully saturated rings. The van der Waals surface area contributed by atoms with Crippen LogP contribution in [-0.2, 0) is 19.4 Å². The molecule has 0 radical (unpaired) electrons. The third-order valence-corrected chi connectivity index (χ3v) is 3.57. The minimum absolute atomic E-state index is 0.121. The first-order chi connectivity index (χ1) is 8.82. The zero-order valence-electron chi connectivity index (χ0n) is 11.7. The van der Waals surface area contributed by atoms with Gasteiger partial charge in [0.1, 0.15) is 11.9 Å². The number of benzene rings is 1. The lowest BCUT2D eigenvalue weighted by Crippen LogP contribution is -2.39. The van der Waals surface area contributed by atoms with E-state index in [2.05, 4.69) is 0 Å². The van der Waals surface area contributed by atoms with Crippen LogP contribution in [0.4, 0.5) is 0 Å². The van der Waals surface area contributed by atoms with Crippen LogP contribution in [0.25, 0.3) is 0 Å². The van der Waals surface area contributed by atoms with E-state index in [9.17, 15) is 15.3 Å². The number of aliphatic hydroxyl groups is 3. The standard InChI is InChI=1S/C15H22O4/c1-9(17)6-10-4-5-11-7-13(15(2,3)18)19-14(11)12(10)8-16/h4-5,9,13,16-18H,6-8H2,1-3H3/t9-,13+/m1/s1. The molecule has 2 rings (SSSR count). The summed E-state index contributed by atoms with van der Waals surface area (Å²) in [5.74, 6) is 0.674. The van der Waals surface area contributed by atoms with Crippen LogP contribution in [0, 0.1) is 0 Å². The molecule has 0 saturated carbocycles. The average molecular weight is 266 g/mol. The van der Waals surface area contributed by atoms with Crippen LogP contribution in [0.2, 0.25) is 0 Å². The summed E-state index contributed by atoms with van der Waals surface area (Å²) in [6, 6.07) is 3.88. The number of hydrogen-bond donors (Lipinski definition) is 3. The van der Waals surface area contributed by atoms with Gasteiger partial charge in [-0.2, -0.15) is 0 Å². The van der Waals surface area contributed by atoms with Gasteiger partial charge in [-0.3, -0.25) is 0 Å². The summed E-state index contributed by atoms with van der Waals surface area (Å²) in [5, 5.41) is 29.1. The molecule has 2 atom stereocenters. The first-order valence-corrected chi connectivity index (χ1v) is 6.64. The molecule has 1 aromatic rings. The lowest BCUT2D eigenvalue weighted by molar-refractivity contribution is -0.0235. The first kappa shape index (κ1) is 14.3. The predicted molar refractivity (Wildman–Crippen MR) is 72.2 cm³/mol. The van der Waals surface area contributed by atoms with Crippen molar-refractivity contribution in [3.63, 3.8) is 0 Å².